The van der Waals surface area contributed by atoms with Gasteiger partial charge in [-0.25, -0.2) is 4.79 Å². The zero-order valence-corrected chi connectivity index (χ0v) is 16.9. The first-order valence-corrected chi connectivity index (χ1v) is 9.02. The molecule has 0 atom stereocenters. The van der Waals surface area contributed by atoms with Crippen molar-refractivity contribution in [2.45, 2.75) is 38.6 Å². The molecule has 6 nitrogen and oxygen atoms in total. The third-order valence-electron chi connectivity index (χ3n) is 5.38. The normalized spacial score (nSPS) is 17.0. The molecule has 1 fully saturated rings. The highest BCUT2D eigenvalue weighted by atomic mass is 35.5. The Morgan fingerprint density at radius 3 is 2.19 bits per heavy atom. The Bertz CT molecular complexity index is 661. The predicted octanol–water partition coefficient (Wildman–Crippen LogP) is 2.53. The summed E-state index contributed by atoms with van der Waals surface area (Å²) in [5, 5.41) is 2.44. The van der Waals surface area contributed by atoms with Crippen molar-refractivity contribution < 1.29 is 19.2 Å². The third kappa shape index (κ3) is 4.03. The lowest BCUT2D eigenvalue weighted by Crippen LogP contribution is -2.61. The molecule has 1 saturated heterocycles. The summed E-state index contributed by atoms with van der Waals surface area (Å²) < 4.78 is 5.04. The van der Waals surface area contributed by atoms with Gasteiger partial charge in [0.25, 0.3) is 0 Å². The maximum absolute atomic E-state index is 13.0. The molecule has 0 radical (unpaired) electrons. The molecule has 1 aromatic carbocycles. The molecule has 0 N–H and O–H groups in total. The number of methoxy groups -OCH3 is 1. The van der Waals surface area contributed by atoms with Gasteiger partial charge in [0.15, 0.2) is 0 Å². The van der Waals surface area contributed by atoms with Crippen molar-refractivity contribution >= 4 is 23.5 Å². The number of carbonyl (C=O) groups excluding carboxylic acids is 2. The molecule has 1 amide bonds. The average Bonchev–Trinajstić information content (AvgIpc) is 2.63. The van der Waals surface area contributed by atoms with E-state index in [1.54, 1.807) is 24.1 Å². The molecule has 1 heterocycles. The average molecular weight is 383 g/mol. The minimum Gasteiger partial charge on any atom is -0.467 e. The van der Waals surface area contributed by atoms with E-state index in [0.717, 1.165) is 16.7 Å². The lowest BCUT2D eigenvalue weighted by Gasteiger charge is -2.44. The fourth-order valence-corrected chi connectivity index (χ4v) is 3.96. The summed E-state index contributed by atoms with van der Waals surface area (Å²) in [6.45, 7) is 4.99. The van der Waals surface area contributed by atoms with E-state index < -0.39 is 5.54 Å². The number of esters is 1. The van der Waals surface area contributed by atoms with Crippen LogP contribution in [0.4, 0.5) is 0 Å². The Morgan fingerprint density at radius 2 is 1.73 bits per heavy atom. The number of ether oxygens (including phenoxy) is 1. The summed E-state index contributed by atoms with van der Waals surface area (Å²) >= 11 is 6.08. The van der Waals surface area contributed by atoms with Crippen molar-refractivity contribution in [2.24, 2.45) is 0 Å². The van der Waals surface area contributed by atoms with Crippen LogP contribution in [0.1, 0.15) is 29.5 Å². The van der Waals surface area contributed by atoms with Crippen LogP contribution in [0.2, 0.25) is 5.02 Å². The van der Waals surface area contributed by atoms with Crippen LogP contribution >= 0.6 is 11.6 Å². The SMILES string of the molecule is COC(=O)C1(N(C)C(=O)Cc2c(C)cc(Cl)cc2C)CCN(OC)CC1. The molecule has 0 spiro atoms. The molecule has 0 aromatic heterocycles. The maximum atomic E-state index is 13.0. The second kappa shape index (κ2) is 8.37. The molecular formula is C19H27ClN2O4. The van der Waals surface area contributed by atoms with E-state index in [0.29, 0.717) is 31.0 Å². The number of aryl methyl sites for hydroxylation is 2. The molecular weight excluding hydrogens is 356 g/mol. The van der Waals surface area contributed by atoms with Crippen molar-refractivity contribution in [2.75, 3.05) is 34.4 Å². The smallest absolute Gasteiger partial charge is 0.331 e. The summed E-state index contributed by atoms with van der Waals surface area (Å²) in [7, 11) is 4.65. The number of benzene rings is 1. The quantitative estimate of drug-likeness (QED) is 0.732. The number of nitrogens with zero attached hydrogens (tertiary/aromatic N) is 2. The Kier molecular flexibility index (Phi) is 6.66. The highest BCUT2D eigenvalue weighted by Gasteiger charge is 2.48. The molecule has 26 heavy (non-hydrogen) atoms. The van der Waals surface area contributed by atoms with Gasteiger partial charge in [-0.2, -0.15) is 5.06 Å². The van der Waals surface area contributed by atoms with Crippen LogP contribution in [0.5, 0.6) is 0 Å². The van der Waals surface area contributed by atoms with Crippen LogP contribution in [0.3, 0.4) is 0 Å². The van der Waals surface area contributed by atoms with Crippen molar-refractivity contribution in [1.82, 2.24) is 9.96 Å². The van der Waals surface area contributed by atoms with E-state index in [-0.39, 0.29) is 18.3 Å². The molecule has 0 aliphatic carbocycles. The van der Waals surface area contributed by atoms with Gasteiger partial charge in [0.1, 0.15) is 5.54 Å². The Labute approximate surface area is 159 Å². The summed E-state index contributed by atoms with van der Waals surface area (Å²) in [5.41, 5.74) is 1.92. The molecule has 0 bridgehead atoms. The van der Waals surface area contributed by atoms with Crippen LogP contribution in [-0.2, 0) is 25.6 Å². The minimum atomic E-state index is -0.963. The number of hydrogen-bond acceptors (Lipinski definition) is 5. The second-order valence-electron chi connectivity index (χ2n) is 6.78. The van der Waals surface area contributed by atoms with E-state index in [9.17, 15) is 9.59 Å². The van der Waals surface area contributed by atoms with Crippen molar-refractivity contribution in [3.05, 3.63) is 33.8 Å². The Hall–Kier alpha value is -1.63. The highest BCUT2D eigenvalue weighted by Crippen LogP contribution is 2.31. The summed E-state index contributed by atoms with van der Waals surface area (Å²) in [6, 6.07) is 3.70. The van der Waals surface area contributed by atoms with E-state index in [2.05, 4.69) is 0 Å². The molecule has 1 aliphatic rings. The lowest BCUT2D eigenvalue weighted by molar-refractivity contribution is -0.183. The van der Waals surface area contributed by atoms with Crippen LogP contribution < -0.4 is 0 Å². The van der Waals surface area contributed by atoms with E-state index in [1.807, 2.05) is 26.0 Å². The summed E-state index contributed by atoms with van der Waals surface area (Å²) in [6.07, 6.45) is 1.15. The van der Waals surface area contributed by atoms with Crippen LogP contribution in [0.25, 0.3) is 0 Å². The Morgan fingerprint density at radius 1 is 1.19 bits per heavy atom. The van der Waals surface area contributed by atoms with Gasteiger partial charge in [-0.15, -0.1) is 0 Å². The van der Waals surface area contributed by atoms with Crippen LogP contribution in [0.15, 0.2) is 12.1 Å². The molecule has 1 aromatic rings. The standard InChI is InChI=1S/C19H27ClN2O4/c1-13-10-15(20)11-14(2)16(13)12-17(23)21(3)19(18(24)25-4)6-8-22(26-5)9-7-19/h10-11H,6-9,12H2,1-5H3. The van der Waals surface area contributed by atoms with E-state index >= 15 is 0 Å². The van der Waals surface area contributed by atoms with Gasteiger partial charge >= 0.3 is 5.97 Å². The number of carbonyl (C=O) groups is 2. The zero-order valence-electron chi connectivity index (χ0n) is 16.1. The molecule has 1 aliphatic heterocycles. The second-order valence-corrected chi connectivity index (χ2v) is 7.22. The number of amides is 1. The molecule has 144 valence electrons. The minimum absolute atomic E-state index is 0.116. The molecule has 0 unspecified atom stereocenters. The molecule has 7 heteroatoms. The van der Waals surface area contributed by atoms with Gasteiger partial charge in [-0.1, -0.05) is 11.6 Å². The fraction of sp³-hybridized carbons (Fsp3) is 0.579. The number of hydroxylamine groups is 2. The van der Waals surface area contributed by atoms with Crippen molar-refractivity contribution in [1.29, 1.82) is 0 Å². The predicted molar refractivity (Wildman–Crippen MR) is 100.0 cm³/mol. The maximum Gasteiger partial charge on any atom is 0.331 e. The van der Waals surface area contributed by atoms with Gasteiger partial charge in [0.2, 0.25) is 5.91 Å². The number of piperidine rings is 1. The summed E-state index contributed by atoms with van der Waals surface area (Å²) in [4.78, 5) is 32.4. The van der Waals surface area contributed by atoms with Gasteiger partial charge < -0.3 is 14.5 Å². The highest BCUT2D eigenvalue weighted by molar-refractivity contribution is 6.30. The van der Waals surface area contributed by atoms with Crippen LogP contribution in [-0.4, -0.2) is 61.7 Å². The van der Waals surface area contributed by atoms with E-state index in [1.165, 1.54) is 7.11 Å². The largest absolute Gasteiger partial charge is 0.467 e. The third-order valence-corrected chi connectivity index (χ3v) is 5.60. The molecule has 0 saturated carbocycles. The first kappa shape index (κ1) is 20.7. The van der Waals surface area contributed by atoms with Gasteiger partial charge in [-0.05, 0) is 55.5 Å². The lowest BCUT2D eigenvalue weighted by atomic mass is 9.85. The topological polar surface area (TPSA) is 59.1 Å². The Balaban J connectivity index is 2.25. The van der Waals surface area contributed by atoms with Gasteiger partial charge in [0, 0.05) is 25.2 Å². The fourth-order valence-electron chi connectivity index (χ4n) is 3.63. The number of halogens is 1. The number of likely N-dealkylation sites (N-methyl/N-ethyl adjacent to an activating group) is 1. The van der Waals surface area contributed by atoms with Crippen molar-refractivity contribution in [3.63, 3.8) is 0 Å². The number of rotatable bonds is 5. The van der Waals surface area contributed by atoms with E-state index in [4.69, 9.17) is 21.2 Å². The van der Waals surface area contributed by atoms with Gasteiger partial charge in [0.05, 0.1) is 20.6 Å². The monoisotopic (exact) mass is 382 g/mol. The van der Waals surface area contributed by atoms with Crippen LogP contribution in [0, 0.1) is 13.8 Å². The zero-order chi connectivity index (χ0) is 19.5. The summed E-state index contributed by atoms with van der Waals surface area (Å²) in [5.74, 6) is -0.497. The molecule has 2 rings (SSSR count). The van der Waals surface area contributed by atoms with Gasteiger partial charge in [-0.3, -0.25) is 4.79 Å². The number of hydrogen-bond donors (Lipinski definition) is 0. The first-order chi connectivity index (χ1) is 12.2. The first-order valence-electron chi connectivity index (χ1n) is 8.65. The van der Waals surface area contributed by atoms with Crippen molar-refractivity contribution in [3.8, 4) is 0 Å².